The number of rotatable bonds is 3. The smallest absolute Gasteiger partial charge is 0.347 e. The zero-order valence-electron chi connectivity index (χ0n) is 9.66. The lowest BCUT2D eigenvalue weighted by Crippen LogP contribution is -1.94. The monoisotopic (exact) mass is 252 g/mol. The van der Waals surface area contributed by atoms with Crippen LogP contribution in [0.2, 0.25) is 0 Å². The minimum absolute atomic E-state index is 0.256. The number of hydrogen-bond acceptors (Lipinski definition) is 5. The molecule has 0 aliphatic carbocycles. The molecule has 7 heteroatoms. The number of aryl methyl sites for hydroxylation is 3. The van der Waals surface area contributed by atoms with Crippen LogP contribution in [0.25, 0.3) is 0 Å². The van der Waals surface area contributed by atoms with Gasteiger partial charge in [-0.1, -0.05) is 11.3 Å². The predicted molar refractivity (Wildman–Crippen MR) is 65.2 cm³/mol. The summed E-state index contributed by atoms with van der Waals surface area (Å²) in [5.41, 5.74) is 3.08. The van der Waals surface area contributed by atoms with E-state index in [2.05, 4.69) is 20.5 Å². The van der Waals surface area contributed by atoms with Gasteiger partial charge in [0.2, 0.25) is 0 Å². The Balaban J connectivity index is 2.31. The lowest BCUT2D eigenvalue weighted by molar-refractivity contribution is 0.0701. The number of aromatic carboxylic acids is 1. The summed E-state index contributed by atoms with van der Waals surface area (Å²) in [4.78, 5) is 15.3. The molecule has 0 aromatic carbocycles. The van der Waals surface area contributed by atoms with Crippen molar-refractivity contribution >= 4 is 28.1 Å². The number of thiazole rings is 1. The van der Waals surface area contributed by atoms with Crippen LogP contribution < -0.4 is 5.32 Å². The summed E-state index contributed by atoms with van der Waals surface area (Å²) in [5, 5.41) is 19.5. The van der Waals surface area contributed by atoms with Crippen LogP contribution in [0.5, 0.6) is 0 Å². The fourth-order valence-corrected chi connectivity index (χ4v) is 2.30. The van der Waals surface area contributed by atoms with Crippen LogP contribution >= 0.6 is 11.3 Å². The Hall–Kier alpha value is -1.89. The minimum Gasteiger partial charge on any atom is -0.477 e. The van der Waals surface area contributed by atoms with Crippen LogP contribution in [0.1, 0.15) is 26.8 Å². The molecule has 0 aliphatic rings. The summed E-state index contributed by atoms with van der Waals surface area (Å²) in [6, 6.07) is 0. The van der Waals surface area contributed by atoms with Gasteiger partial charge in [0.1, 0.15) is 4.88 Å². The van der Waals surface area contributed by atoms with Crippen molar-refractivity contribution in [3.05, 3.63) is 22.0 Å². The van der Waals surface area contributed by atoms with Gasteiger partial charge in [-0.3, -0.25) is 5.10 Å². The minimum atomic E-state index is -0.950. The van der Waals surface area contributed by atoms with E-state index < -0.39 is 5.97 Å². The molecule has 17 heavy (non-hydrogen) atoms. The third-order valence-corrected chi connectivity index (χ3v) is 3.41. The molecule has 0 fully saturated rings. The fraction of sp³-hybridized carbons (Fsp3) is 0.300. The van der Waals surface area contributed by atoms with Crippen molar-refractivity contribution < 1.29 is 9.90 Å². The Bertz CT molecular complexity index is 553. The Morgan fingerprint density at radius 2 is 2.06 bits per heavy atom. The first-order valence-electron chi connectivity index (χ1n) is 4.98. The van der Waals surface area contributed by atoms with Gasteiger partial charge in [0.25, 0.3) is 0 Å². The molecule has 2 heterocycles. The standard InChI is InChI=1S/C10H12N4O2S/c1-4-7(5(2)14-13-4)12-10-11-6(3)8(17-10)9(15)16/h1-3H3,(H,11,12)(H,13,14)(H,15,16). The molecular weight excluding hydrogens is 240 g/mol. The quantitative estimate of drug-likeness (QED) is 0.779. The number of hydrogen-bond donors (Lipinski definition) is 3. The van der Waals surface area contributed by atoms with Crippen LogP contribution in [-0.2, 0) is 0 Å². The number of nitrogens with zero attached hydrogens (tertiary/aromatic N) is 2. The zero-order valence-corrected chi connectivity index (χ0v) is 10.5. The molecule has 0 bridgehead atoms. The number of carboxylic acid groups (broad SMARTS) is 1. The number of aromatic amines is 1. The highest BCUT2D eigenvalue weighted by Gasteiger charge is 2.15. The van der Waals surface area contributed by atoms with E-state index in [1.165, 1.54) is 0 Å². The van der Waals surface area contributed by atoms with Gasteiger partial charge < -0.3 is 10.4 Å². The van der Waals surface area contributed by atoms with E-state index in [9.17, 15) is 4.79 Å². The number of nitrogens with one attached hydrogen (secondary N) is 2. The third kappa shape index (κ3) is 2.14. The second kappa shape index (κ2) is 4.17. The van der Waals surface area contributed by atoms with Crippen molar-refractivity contribution in [3.63, 3.8) is 0 Å². The average Bonchev–Trinajstić information content (AvgIpc) is 2.76. The largest absolute Gasteiger partial charge is 0.477 e. The summed E-state index contributed by atoms with van der Waals surface area (Å²) in [7, 11) is 0. The molecule has 0 amide bonds. The average molecular weight is 252 g/mol. The lowest BCUT2D eigenvalue weighted by atomic mass is 10.3. The van der Waals surface area contributed by atoms with Crippen molar-refractivity contribution in [1.82, 2.24) is 15.2 Å². The van der Waals surface area contributed by atoms with E-state index in [0.29, 0.717) is 10.8 Å². The topological polar surface area (TPSA) is 90.9 Å². The zero-order chi connectivity index (χ0) is 12.6. The maximum atomic E-state index is 10.9. The molecule has 0 saturated heterocycles. The van der Waals surface area contributed by atoms with Gasteiger partial charge in [-0.05, 0) is 20.8 Å². The Morgan fingerprint density at radius 3 is 2.53 bits per heavy atom. The van der Waals surface area contributed by atoms with Crippen LogP contribution in [0.3, 0.4) is 0 Å². The molecule has 0 spiro atoms. The summed E-state index contributed by atoms with van der Waals surface area (Å²) in [6.45, 7) is 5.44. The van der Waals surface area contributed by atoms with Crippen molar-refractivity contribution in [2.75, 3.05) is 5.32 Å². The van der Waals surface area contributed by atoms with Crippen LogP contribution in [0, 0.1) is 20.8 Å². The molecule has 6 nitrogen and oxygen atoms in total. The Kier molecular flexibility index (Phi) is 2.84. The summed E-state index contributed by atoms with van der Waals surface area (Å²) in [6.07, 6.45) is 0. The maximum Gasteiger partial charge on any atom is 0.347 e. The molecule has 90 valence electrons. The highest BCUT2D eigenvalue weighted by Crippen LogP contribution is 2.27. The van der Waals surface area contributed by atoms with Gasteiger partial charge in [-0.15, -0.1) is 0 Å². The van der Waals surface area contributed by atoms with Crippen molar-refractivity contribution in [2.24, 2.45) is 0 Å². The van der Waals surface area contributed by atoms with Crippen molar-refractivity contribution in [2.45, 2.75) is 20.8 Å². The summed E-state index contributed by atoms with van der Waals surface area (Å²) in [5.74, 6) is -0.950. The van der Waals surface area contributed by atoms with Crippen molar-refractivity contribution in [1.29, 1.82) is 0 Å². The molecule has 2 aromatic rings. The molecule has 2 aromatic heterocycles. The van der Waals surface area contributed by atoms with Gasteiger partial charge in [0, 0.05) is 0 Å². The Labute approximate surface area is 102 Å². The molecule has 3 N–H and O–H groups in total. The number of carboxylic acids is 1. The van der Waals surface area contributed by atoms with Gasteiger partial charge in [-0.2, -0.15) is 5.10 Å². The number of anilines is 2. The number of H-pyrrole nitrogens is 1. The molecule has 0 aliphatic heterocycles. The fourth-order valence-electron chi connectivity index (χ4n) is 1.49. The molecule has 0 atom stereocenters. The SMILES string of the molecule is Cc1nc(Nc2c(C)n[nH]c2C)sc1C(=O)O. The third-order valence-electron chi connectivity index (χ3n) is 2.35. The number of carbonyl (C=O) groups is 1. The summed E-state index contributed by atoms with van der Waals surface area (Å²) < 4.78 is 0. The van der Waals surface area contributed by atoms with E-state index >= 15 is 0 Å². The van der Waals surface area contributed by atoms with E-state index in [1.54, 1.807) is 6.92 Å². The van der Waals surface area contributed by atoms with Crippen LogP contribution in [0.15, 0.2) is 0 Å². The first kappa shape index (κ1) is 11.6. The highest BCUT2D eigenvalue weighted by molar-refractivity contribution is 7.17. The predicted octanol–water partition coefficient (Wildman–Crippen LogP) is 2.23. The van der Waals surface area contributed by atoms with E-state index in [4.69, 9.17) is 5.11 Å². The van der Waals surface area contributed by atoms with Gasteiger partial charge in [0.05, 0.1) is 22.8 Å². The molecule has 0 saturated carbocycles. The second-order valence-electron chi connectivity index (χ2n) is 3.67. The normalized spacial score (nSPS) is 10.5. The molecular formula is C10H12N4O2S. The Morgan fingerprint density at radius 1 is 1.35 bits per heavy atom. The van der Waals surface area contributed by atoms with Crippen molar-refractivity contribution in [3.8, 4) is 0 Å². The first-order valence-corrected chi connectivity index (χ1v) is 5.80. The van der Waals surface area contributed by atoms with Crippen LogP contribution in [0.4, 0.5) is 10.8 Å². The maximum absolute atomic E-state index is 10.9. The van der Waals surface area contributed by atoms with Gasteiger partial charge >= 0.3 is 5.97 Å². The second-order valence-corrected chi connectivity index (χ2v) is 4.67. The highest BCUT2D eigenvalue weighted by atomic mass is 32.1. The van der Waals surface area contributed by atoms with E-state index in [1.807, 2.05) is 13.8 Å². The molecule has 0 radical (unpaired) electrons. The first-order chi connectivity index (χ1) is 7.99. The molecule has 2 rings (SSSR count). The van der Waals surface area contributed by atoms with Crippen LogP contribution in [-0.4, -0.2) is 26.3 Å². The molecule has 0 unspecified atom stereocenters. The number of aromatic nitrogens is 3. The lowest BCUT2D eigenvalue weighted by Gasteiger charge is -2.00. The van der Waals surface area contributed by atoms with E-state index in [-0.39, 0.29) is 4.88 Å². The van der Waals surface area contributed by atoms with E-state index in [0.717, 1.165) is 28.4 Å². The van der Waals surface area contributed by atoms with Gasteiger partial charge in [-0.25, -0.2) is 9.78 Å². The van der Waals surface area contributed by atoms with Gasteiger partial charge in [0.15, 0.2) is 5.13 Å². The summed E-state index contributed by atoms with van der Waals surface area (Å²) >= 11 is 1.12.